The van der Waals surface area contributed by atoms with Crippen LogP contribution in [0.5, 0.6) is 5.75 Å². The van der Waals surface area contributed by atoms with Crippen molar-refractivity contribution in [2.75, 3.05) is 17.5 Å². The second-order valence-corrected chi connectivity index (χ2v) is 6.84. The highest BCUT2D eigenvalue weighted by Crippen LogP contribution is 2.33. The van der Waals surface area contributed by atoms with Crippen LogP contribution < -0.4 is 9.04 Å². The number of nitrogens with zero attached hydrogens (tertiary/aromatic N) is 1. The van der Waals surface area contributed by atoms with E-state index in [0.717, 1.165) is 11.6 Å². The Morgan fingerprint density at radius 1 is 1.23 bits per heavy atom. The van der Waals surface area contributed by atoms with E-state index < -0.39 is 15.8 Å². The van der Waals surface area contributed by atoms with Gasteiger partial charge in [0.25, 0.3) is 10.0 Å². The largest absolute Gasteiger partial charge is 0.491 e. The molecule has 0 N–H and O–H groups in total. The summed E-state index contributed by atoms with van der Waals surface area (Å²) in [5, 5.41) is 0. The van der Waals surface area contributed by atoms with E-state index in [0.29, 0.717) is 25.3 Å². The fraction of sp³-hybridized carbons (Fsp3) is 0.250. The van der Waals surface area contributed by atoms with E-state index in [4.69, 9.17) is 4.74 Å². The van der Waals surface area contributed by atoms with Gasteiger partial charge in [0.05, 0.1) is 17.2 Å². The van der Waals surface area contributed by atoms with Crippen molar-refractivity contribution in [2.24, 2.45) is 0 Å². The Morgan fingerprint density at radius 3 is 2.73 bits per heavy atom. The van der Waals surface area contributed by atoms with Crippen LogP contribution in [0.4, 0.5) is 10.1 Å². The summed E-state index contributed by atoms with van der Waals surface area (Å²) in [7, 11) is -3.77. The lowest BCUT2D eigenvalue weighted by Crippen LogP contribution is -2.29. The summed E-state index contributed by atoms with van der Waals surface area (Å²) in [6.07, 6.45) is 0.662. The number of ether oxygens (including phenoxy) is 1. The first-order chi connectivity index (χ1) is 10.5. The first kappa shape index (κ1) is 14.8. The van der Waals surface area contributed by atoms with Crippen LogP contribution in [0.25, 0.3) is 0 Å². The Labute approximate surface area is 129 Å². The summed E-state index contributed by atoms with van der Waals surface area (Å²) in [6, 6.07) is 11.1. The van der Waals surface area contributed by atoms with Crippen LogP contribution in [-0.2, 0) is 16.4 Å². The third kappa shape index (κ3) is 2.43. The normalized spacial score (nSPS) is 14.0. The molecule has 0 radical (unpaired) electrons. The fourth-order valence-electron chi connectivity index (χ4n) is 2.60. The van der Waals surface area contributed by atoms with Crippen LogP contribution in [0, 0.1) is 5.82 Å². The number of benzene rings is 2. The number of rotatable bonds is 4. The molecule has 0 saturated carbocycles. The van der Waals surface area contributed by atoms with Crippen molar-refractivity contribution in [2.45, 2.75) is 18.2 Å². The van der Waals surface area contributed by atoms with Gasteiger partial charge in [0.1, 0.15) is 0 Å². The van der Waals surface area contributed by atoms with Gasteiger partial charge in [-0.3, -0.25) is 4.31 Å². The summed E-state index contributed by atoms with van der Waals surface area (Å²) in [5.74, 6) is -0.612. The fourth-order valence-corrected chi connectivity index (χ4v) is 4.12. The molecule has 0 aromatic heterocycles. The minimum absolute atomic E-state index is 0.0586. The maximum atomic E-state index is 13.9. The highest BCUT2D eigenvalue weighted by Gasteiger charge is 2.31. The molecule has 2 aromatic rings. The van der Waals surface area contributed by atoms with Crippen molar-refractivity contribution in [3.63, 3.8) is 0 Å². The molecule has 1 aliphatic rings. The predicted octanol–water partition coefficient (Wildman–Crippen LogP) is 2.98. The van der Waals surface area contributed by atoms with E-state index in [1.165, 1.54) is 16.4 Å². The number of sulfonamides is 1. The smallest absolute Gasteiger partial charge is 0.264 e. The Balaban J connectivity index is 1.99. The van der Waals surface area contributed by atoms with Crippen molar-refractivity contribution in [3.8, 4) is 5.75 Å². The quantitative estimate of drug-likeness (QED) is 0.870. The lowest BCUT2D eigenvalue weighted by atomic mass is 10.2. The number of halogens is 1. The van der Waals surface area contributed by atoms with Crippen molar-refractivity contribution < 1.29 is 17.5 Å². The molecule has 0 fully saturated rings. The summed E-state index contributed by atoms with van der Waals surface area (Å²) >= 11 is 0. The Morgan fingerprint density at radius 2 is 2.00 bits per heavy atom. The van der Waals surface area contributed by atoms with Crippen molar-refractivity contribution in [1.29, 1.82) is 0 Å². The highest BCUT2D eigenvalue weighted by atomic mass is 32.2. The average molecular weight is 321 g/mol. The van der Waals surface area contributed by atoms with Gasteiger partial charge in [0, 0.05) is 6.54 Å². The monoisotopic (exact) mass is 321 g/mol. The molecule has 2 aromatic carbocycles. The number of para-hydroxylation sites is 1. The number of fused-ring (bicyclic) bond motifs is 1. The van der Waals surface area contributed by atoms with Crippen LogP contribution in [0.2, 0.25) is 0 Å². The summed E-state index contributed by atoms with van der Waals surface area (Å²) in [6.45, 7) is 2.43. The van der Waals surface area contributed by atoms with E-state index in [9.17, 15) is 12.8 Å². The first-order valence-electron chi connectivity index (χ1n) is 7.07. The van der Waals surface area contributed by atoms with Crippen LogP contribution in [0.1, 0.15) is 12.5 Å². The van der Waals surface area contributed by atoms with Gasteiger partial charge in [0.2, 0.25) is 0 Å². The van der Waals surface area contributed by atoms with Gasteiger partial charge in [-0.05, 0) is 43.2 Å². The molecular weight excluding hydrogens is 305 g/mol. The molecule has 0 bridgehead atoms. The minimum atomic E-state index is -3.77. The molecule has 22 heavy (non-hydrogen) atoms. The molecule has 1 heterocycles. The van der Waals surface area contributed by atoms with Crippen molar-refractivity contribution in [1.82, 2.24) is 0 Å². The van der Waals surface area contributed by atoms with E-state index in [1.54, 1.807) is 19.1 Å². The summed E-state index contributed by atoms with van der Waals surface area (Å²) in [5.41, 5.74) is 1.65. The third-order valence-corrected chi connectivity index (χ3v) is 5.44. The zero-order valence-corrected chi connectivity index (χ0v) is 12.9. The van der Waals surface area contributed by atoms with Crippen molar-refractivity contribution in [3.05, 3.63) is 53.8 Å². The second kappa shape index (κ2) is 5.61. The molecule has 0 unspecified atom stereocenters. The van der Waals surface area contributed by atoms with Gasteiger partial charge < -0.3 is 4.74 Å². The van der Waals surface area contributed by atoms with Gasteiger partial charge in [-0.25, -0.2) is 12.8 Å². The second-order valence-electron chi connectivity index (χ2n) is 4.98. The molecule has 4 nitrogen and oxygen atoms in total. The van der Waals surface area contributed by atoms with Crippen LogP contribution in [0.15, 0.2) is 47.4 Å². The predicted molar refractivity (Wildman–Crippen MR) is 82.2 cm³/mol. The maximum absolute atomic E-state index is 13.9. The van der Waals surface area contributed by atoms with Gasteiger partial charge in [-0.15, -0.1) is 0 Å². The zero-order valence-electron chi connectivity index (χ0n) is 12.1. The number of anilines is 1. The standard InChI is InChI=1S/C16H16FNO3S/c1-2-21-16-8-7-13(11-14(16)17)22(19,20)18-10-9-12-5-3-4-6-15(12)18/h3-8,11H,2,9-10H2,1H3. The summed E-state index contributed by atoms with van der Waals surface area (Å²) < 4.78 is 45.8. The van der Waals surface area contributed by atoms with Crippen LogP contribution in [-0.4, -0.2) is 21.6 Å². The molecule has 6 heteroatoms. The van der Waals surface area contributed by atoms with Crippen molar-refractivity contribution >= 4 is 15.7 Å². The molecule has 0 amide bonds. The molecule has 0 atom stereocenters. The third-order valence-electron chi connectivity index (χ3n) is 3.64. The van der Waals surface area contributed by atoms with E-state index in [-0.39, 0.29) is 10.6 Å². The van der Waals surface area contributed by atoms with Gasteiger partial charge >= 0.3 is 0 Å². The first-order valence-corrected chi connectivity index (χ1v) is 8.51. The number of hydrogen-bond donors (Lipinski definition) is 0. The molecule has 3 rings (SSSR count). The minimum Gasteiger partial charge on any atom is -0.491 e. The lowest BCUT2D eigenvalue weighted by Gasteiger charge is -2.19. The molecule has 116 valence electrons. The molecule has 0 spiro atoms. The van der Waals surface area contributed by atoms with E-state index >= 15 is 0 Å². The van der Waals surface area contributed by atoms with E-state index in [1.807, 2.05) is 12.1 Å². The van der Waals surface area contributed by atoms with Gasteiger partial charge in [0.15, 0.2) is 11.6 Å². The Bertz CT molecular complexity index is 805. The van der Waals surface area contributed by atoms with Gasteiger partial charge in [-0.1, -0.05) is 18.2 Å². The van der Waals surface area contributed by atoms with E-state index in [2.05, 4.69) is 0 Å². The van der Waals surface area contributed by atoms with Crippen LogP contribution in [0.3, 0.4) is 0 Å². The molecular formula is C16H16FNO3S. The van der Waals surface area contributed by atoms with Gasteiger partial charge in [-0.2, -0.15) is 0 Å². The lowest BCUT2D eigenvalue weighted by molar-refractivity contribution is 0.321. The Kier molecular flexibility index (Phi) is 3.78. The summed E-state index contributed by atoms with van der Waals surface area (Å²) in [4.78, 5) is -0.0647. The average Bonchev–Trinajstić information content (AvgIpc) is 2.94. The number of hydrogen-bond acceptors (Lipinski definition) is 3. The maximum Gasteiger partial charge on any atom is 0.264 e. The van der Waals surface area contributed by atoms with Crippen LogP contribution >= 0.6 is 0 Å². The zero-order chi connectivity index (χ0) is 15.7. The molecule has 0 saturated heterocycles. The topological polar surface area (TPSA) is 46.6 Å². The SMILES string of the molecule is CCOc1ccc(S(=O)(=O)N2CCc3ccccc32)cc1F. The highest BCUT2D eigenvalue weighted by molar-refractivity contribution is 7.92. The molecule has 0 aliphatic carbocycles. The Hall–Kier alpha value is -2.08. The molecule has 1 aliphatic heterocycles.